The Bertz CT molecular complexity index is 319. The minimum Gasteiger partial charge on any atom is -0.508 e. The van der Waals surface area contributed by atoms with Crippen molar-refractivity contribution in [2.45, 2.75) is 13.0 Å². The highest BCUT2D eigenvalue weighted by atomic mass is 32.2. The van der Waals surface area contributed by atoms with Gasteiger partial charge >= 0.3 is 0 Å². The summed E-state index contributed by atoms with van der Waals surface area (Å²) in [5.74, 6) is 0.624. The Morgan fingerprint density at radius 1 is 1.53 bits per heavy atom. The van der Waals surface area contributed by atoms with Crippen molar-refractivity contribution >= 4 is 11.8 Å². The lowest BCUT2D eigenvalue weighted by molar-refractivity contribution is 0.449. The fourth-order valence-corrected chi connectivity index (χ4v) is 1.69. The minimum absolute atomic E-state index is 0.0131. The van der Waals surface area contributed by atoms with E-state index in [4.69, 9.17) is 0 Å². The molecule has 1 unspecified atom stereocenters. The molecule has 4 heteroatoms. The van der Waals surface area contributed by atoms with E-state index in [1.165, 1.54) is 6.07 Å². The smallest absolute Gasteiger partial charge is 0.126 e. The SMILES string of the molecule is CSCCNC(C)c1ccc(F)cc1O. The molecule has 0 bridgehead atoms. The maximum absolute atomic E-state index is 12.7. The minimum atomic E-state index is -0.410. The van der Waals surface area contributed by atoms with Gasteiger partial charge in [0.25, 0.3) is 0 Å². The molecule has 0 aromatic heterocycles. The monoisotopic (exact) mass is 229 g/mol. The standard InChI is InChI=1S/C11H16FNOS/c1-8(13-5-6-15-2)10-4-3-9(12)7-11(10)14/h3-4,7-8,13-14H,5-6H2,1-2H3. The predicted molar refractivity (Wildman–Crippen MR) is 62.9 cm³/mol. The van der Waals surface area contributed by atoms with E-state index in [2.05, 4.69) is 5.32 Å². The van der Waals surface area contributed by atoms with Crippen molar-refractivity contribution in [2.24, 2.45) is 0 Å². The van der Waals surface area contributed by atoms with Crippen molar-refractivity contribution in [2.75, 3.05) is 18.6 Å². The molecule has 0 aliphatic rings. The first-order chi connectivity index (χ1) is 7.15. The first kappa shape index (κ1) is 12.3. The van der Waals surface area contributed by atoms with Gasteiger partial charge in [-0.1, -0.05) is 6.07 Å². The van der Waals surface area contributed by atoms with E-state index in [9.17, 15) is 9.50 Å². The molecule has 2 N–H and O–H groups in total. The summed E-state index contributed by atoms with van der Waals surface area (Å²) in [4.78, 5) is 0. The second kappa shape index (κ2) is 5.98. The Hall–Kier alpha value is -0.740. The summed E-state index contributed by atoms with van der Waals surface area (Å²) >= 11 is 1.76. The van der Waals surface area contributed by atoms with Gasteiger partial charge < -0.3 is 10.4 Å². The third-order valence-corrected chi connectivity index (χ3v) is 2.83. The predicted octanol–water partition coefficient (Wildman–Crippen LogP) is 2.54. The highest BCUT2D eigenvalue weighted by molar-refractivity contribution is 7.98. The van der Waals surface area contributed by atoms with Crippen LogP contribution in [0, 0.1) is 5.82 Å². The lowest BCUT2D eigenvalue weighted by Crippen LogP contribution is -2.21. The van der Waals surface area contributed by atoms with Gasteiger partial charge in [0.05, 0.1) is 0 Å². The number of thioether (sulfide) groups is 1. The van der Waals surface area contributed by atoms with E-state index >= 15 is 0 Å². The van der Waals surface area contributed by atoms with Crippen molar-refractivity contribution in [1.29, 1.82) is 0 Å². The van der Waals surface area contributed by atoms with Crippen LogP contribution in [0.3, 0.4) is 0 Å². The van der Waals surface area contributed by atoms with Crippen LogP contribution in [0.5, 0.6) is 5.75 Å². The van der Waals surface area contributed by atoms with Gasteiger partial charge in [0, 0.05) is 30.0 Å². The van der Waals surface area contributed by atoms with Gasteiger partial charge in [-0.2, -0.15) is 11.8 Å². The van der Waals surface area contributed by atoms with E-state index in [0.717, 1.165) is 23.9 Å². The van der Waals surface area contributed by atoms with Crippen LogP contribution in [-0.2, 0) is 0 Å². The van der Waals surface area contributed by atoms with Crippen molar-refractivity contribution < 1.29 is 9.50 Å². The summed E-state index contributed by atoms with van der Waals surface area (Å²) in [6.07, 6.45) is 2.04. The first-order valence-electron chi connectivity index (χ1n) is 4.86. The van der Waals surface area contributed by atoms with Crippen LogP contribution in [0.4, 0.5) is 4.39 Å². The number of aromatic hydroxyl groups is 1. The molecule has 1 aromatic rings. The Labute approximate surface area is 93.9 Å². The van der Waals surface area contributed by atoms with Gasteiger partial charge in [-0.05, 0) is 19.2 Å². The number of hydrogen-bond donors (Lipinski definition) is 2. The summed E-state index contributed by atoms with van der Waals surface area (Å²) in [5, 5.41) is 12.8. The Morgan fingerprint density at radius 3 is 2.87 bits per heavy atom. The zero-order valence-electron chi connectivity index (χ0n) is 8.96. The van der Waals surface area contributed by atoms with Crippen LogP contribution >= 0.6 is 11.8 Å². The normalized spacial score (nSPS) is 12.7. The average Bonchev–Trinajstić information content (AvgIpc) is 2.17. The third-order valence-electron chi connectivity index (χ3n) is 2.22. The van der Waals surface area contributed by atoms with Crippen LogP contribution in [0.2, 0.25) is 0 Å². The van der Waals surface area contributed by atoms with Gasteiger partial charge in [0.15, 0.2) is 0 Å². The number of benzene rings is 1. The maximum atomic E-state index is 12.7. The van der Waals surface area contributed by atoms with Crippen molar-refractivity contribution in [3.63, 3.8) is 0 Å². The maximum Gasteiger partial charge on any atom is 0.126 e. The van der Waals surface area contributed by atoms with E-state index in [1.807, 2.05) is 13.2 Å². The number of halogens is 1. The highest BCUT2D eigenvalue weighted by Gasteiger charge is 2.09. The molecular formula is C11H16FNOS. The molecule has 0 amide bonds. The second-order valence-corrected chi connectivity index (χ2v) is 4.36. The van der Waals surface area contributed by atoms with E-state index in [1.54, 1.807) is 17.8 Å². The first-order valence-corrected chi connectivity index (χ1v) is 6.25. The molecule has 0 aliphatic carbocycles. The Balaban J connectivity index is 2.61. The number of rotatable bonds is 5. The molecule has 0 radical (unpaired) electrons. The van der Waals surface area contributed by atoms with E-state index < -0.39 is 5.82 Å². The number of hydrogen-bond acceptors (Lipinski definition) is 3. The van der Waals surface area contributed by atoms with Crippen molar-refractivity contribution in [3.05, 3.63) is 29.6 Å². The lowest BCUT2D eigenvalue weighted by atomic mass is 10.1. The summed E-state index contributed by atoms with van der Waals surface area (Å²) in [6.45, 7) is 2.83. The third kappa shape index (κ3) is 3.72. The van der Waals surface area contributed by atoms with Gasteiger partial charge in [-0.25, -0.2) is 4.39 Å². The molecule has 1 rings (SSSR count). The van der Waals surface area contributed by atoms with Gasteiger partial charge in [-0.3, -0.25) is 0 Å². The van der Waals surface area contributed by atoms with E-state index in [0.29, 0.717) is 0 Å². The lowest BCUT2D eigenvalue weighted by Gasteiger charge is -2.15. The largest absolute Gasteiger partial charge is 0.508 e. The molecule has 15 heavy (non-hydrogen) atoms. The Morgan fingerprint density at radius 2 is 2.27 bits per heavy atom. The fourth-order valence-electron chi connectivity index (χ4n) is 1.37. The van der Waals surface area contributed by atoms with Crippen molar-refractivity contribution in [1.82, 2.24) is 5.32 Å². The molecule has 2 nitrogen and oxygen atoms in total. The van der Waals surface area contributed by atoms with Gasteiger partial charge in [-0.15, -0.1) is 0 Å². The zero-order valence-corrected chi connectivity index (χ0v) is 9.77. The number of nitrogens with one attached hydrogen (secondary N) is 1. The molecule has 1 aromatic carbocycles. The summed E-state index contributed by atoms with van der Waals surface area (Å²) in [5.41, 5.74) is 0.734. The second-order valence-electron chi connectivity index (χ2n) is 3.37. The van der Waals surface area contributed by atoms with Gasteiger partial charge in [0.2, 0.25) is 0 Å². The molecule has 0 aliphatic heterocycles. The Kier molecular flexibility index (Phi) is 4.91. The number of phenolic OH excluding ortho intramolecular Hbond substituents is 1. The fraction of sp³-hybridized carbons (Fsp3) is 0.455. The quantitative estimate of drug-likeness (QED) is 0.761. The van der Waals surface area contributed by atoms with Gasteiger partial charge in [0.1, 0.15) is 11.6 Å². The van der Waals surface area contributed by atoms with Crippen LogP contribution in [0.15, 0.2) is 18.2 Å². The summed E-state index contributed by atoms with van der Waals surface area (Å²) < 4.78 is 12.7. The number of phenols is 1. The topological polar surface area (TPSA) is 32.3 Å². The molecule has 84 valence electrons. The highest BCUT2D eigenvalue weighted by Crippen LogP contribution is 2.24. The molecule has 1 atom stereocenters. The van der Waals surface area contributed by atoms with Crippen LogP contribution in [0.1, 0.15) is 18.5 Å². The zero-order chi connectivity index (χ0) is 11.3. The molecule has 0 heterocycles. The molecule has 0 spiro atoms. The molecule has 0 fully saturated rings. The molecular weight excluding hydrogens is 213 g/mol. The summed E-state index contributed by atoms with van der Waals surface area (Å²) in [6, 6.07) is 4.16. The van der Waals surface area contributed by atoms with Crippen LogP contribution in [-0.4, -0.2) is 23.7 Å². The van der Waals surface area contributed by atoms with Crippen molar-refractivity contribution in [3.8, 4) is 5.75 Å². The average molecular weight is 229 g/mol. The van der Waals surface area contributed by atoms with Crippen LogP contribution in [0.25, 0.3) is 0 Å². The molecule has 0 saturated carbocycles. The summed E-state index contributed by atoms with van der Waals surface area (Å²) in [7, 11) is 0. The van der Waals surface area contributed by atoms with Crippen LogP contribution < -0.4 is 5.32 Å². The van der Waals surface area contributed by atoms with E-state index in [-0.39, 0.29) is 11.8 Å². The molecule has 0 saturated heterocycles.